The molecule has 2 aliphatic heterocycles. The van der Waals surface area contributed by atoms with Gasteiger partial charge >= 0.3 is 0 Å². The summed E-state index contributed by atoms with van der Waals surface area (Å²) in [5.41, 5.74) is 0. The van der Waals surface area contributed by atoms with Crippen molar-refractivity contribution >= 4 is 10.0 Å². The van der Waals surface area contributed by atoms with Crippen molar-refractivity contribution in [2.75, 3.05) is 39.4 Å². The average molecular weight is 369 g/mol. The third kappa shape index (κ3) is 3.25. The molecule has 2 saturated heterocycles. The molecule has 0 aromatic carbocycles. The monoisotopic (exact) mass is 368 g/mol. The normalized spacial score (nSPS) is 32.0. The summed E-state index contributed by atoms with van der Waals surface area (Å²) in [7, 11) is -3.44. The highest BCUT2D eigenvalue weighted by Gasteiger charge is 2.45. The second-order valence-corrected chi connectivity index (χ2v) is 9.38. The van der Waals surface area contributed by atoms with Crippen LogP contribution in [-0.2, 0) is 21.3 Å². The molecule has 7 nitrogen and oxygen atoms in total. The van der Waals surface area contributed by atoms with Crippen molar-refractivity contribution < 1.29 is 13.2 Å². The van der Waals surface area contributed by atoms with Gasteiger partial charge in [0.25, 0.3) is 0 Å². The van der Waals surface area contributed by atoms with E-state index in [1.165, 1.54) is 12.6 Å². The summed E-state index contributed by atoms with van der Waals surface area (Å²) in [5, 5.41) is 4.15. The topological polar surface area (TPSA) is 67.7 Å². The van der Waals surface area contributed by atoms with Gasteiger partial charge in [-0.3, -0.25) is 9.58 Å². The van der Waals surface area contributed by atoms with E-state index >= 15 is 0 Å². The number of nitrogens with zero attached hydrogens (tertiary/aromatic N) is 4. The molecule has 1 saturated carbocycles. The Hall–Kier alpha value is -0.960. The van der Waals surface area contributed by atoms with Crippen molar-refractivity contribution in [3.05, 3.63) is 12.4 Å². The number of piperidine rings is 1. The minimum Gasteiger partial charge on any atom is -0.379 e. The van der Waals surface area contributed by atoms with Crippen LogP contribution in [-0.4, -0.2) is 72.8 Å². The Labute approximate surface area is 150 Å². The Morgan fingerprint density at radius 2 is 1.88 bits per heavy atom. The summed E-state index contributed by atoms with van der Waals surface area (Å²) >= 11 is 0. The second-order valence-electron chi connectivity index (χ2n) is 7.44. The number of ether oxygens (including phenoxy) is 1. The van der Waals surface area contributed by atoms with Gasteiger partial charge in [0.15, 0.2) is 0 Å². The molecule has 2 unspecified atom stereocenters. The summed E-state index contributed by atoms with van der Waals surface area (Å²) < 4.78 is 35.0. The van der Waals surface area contributed by atoms with E-state index in [1.807, 2.05) is 6.92 Å². The van der Waals surface area contributed by atoms with Gasteiger partial charge in [0, 0.05) is 45.0 Å². The molecule has 0 spiro atoms. The second kappa shape index (κ2) is 6.98. The molecule has 140 valence electrons. The zero-order valence-corrected chi connectivity index (χ0v) is 15.7. The number of fused-ring (bicyclic) bond motifs is 2. The predicted octanol–water partition coefficient (Wildman–Crippen LogP) is 1.02. The Kier molecular flexibility index (Phi) is 4.87. The molecule has 8 heteroatoms. The Morgan fingerprint density at radius 1 is 1.20 bits per heavy atom. The van der Waals surface area contributed by atoms with Crippen LogP contribution in [0.4, 0.5) is 0 Å². The van der Waals surface area contributed by atoms with Crippen LogP contribution in [0.3, 0.4) is 0 Å². The van der Waals surface area contributed by atoms with Crippen LogP contribution < -0.4 is 0 Å². The van der Waals surface area contributed by atoms with Gasteiger partial charge in [-0.1, -0.05) is 6.42 Å². The molecule has 2 atom stereocenters. The van der Waals surface area contributed by atoms with E-state index in [-0.39, 0.29) is 0 Å². The lowest BCUT2D eigenvalue weighted by Gasteiger charge is -2.51. The maximum atomic E-state index is 13.1. The van der Waals surface area contributed by atoms with E-state index in [4.69, 9.17) is 4.74 Å². The average Bonchev–Trinajstić information content (AvgIpc) is 3.11. The van der Waals surface area contributed by atoms with Crippen LogP contribution >= 0.6 is 0 Å². The van der Waals surface area contributed by atoms with Gasteiger partial charge < -0.3 is 4.74 Å². The lowest BCUT2D eigenvalue weighted by Crippen LogP contribution is -2.60. The number of hydrogen-bond donors (Lipinski definition) is 0. The highest BCUT2D eigenvalue weighted by molar-refractivity contribution is 7.89. The number of morpholine rings is 1. The fourth-order valence-corrected chi connectivity index (χ4v) is 6.34. The van der Waals surface area contributed by atoms with Crippen LogP contribution in [0.25, 0.3) is 0 Å². The van der Waals surface area contributed by atoms with Gasteiger partial charge in [0.1, 0.15) is 4.90 Å². The molecule has 1 aromatic heterocycles. The predicted molar refractivity (Wildman–Crippen MR) is 93.7 cm³/mol. The molecule has 1 aromatic rings. The van der Waals surface area contributed by atoms with Crippen molar-refractivity contribution in [3.8, 4) is 0 Å². The summed E-state index contributed by atoms with van der Waals surface area (Å²) in [6.07, 6.45) is 6.61. The summed E-state index contributed by atoms with van der Waals surface area (Å²) in [6, 6.07) is 0.516. The number of hydrogen-bond acceptors (Lipinski definition) is 5. The summed E-state index contributed by atoms with van der Waals surface area (Å²) in [4.78, 5) is 2.88. The Morgan fingerprint density at radius 3 is 2.48 bits per heavy atom. The third-order valence-electron chi connectivity index (χ3n) is 6.03. The molecule has 2 bridgehead atoms. The van der Waals surface area contributed by atoms with E-state index < -0.39 is 10.0 Å². The summed E-state index contributed by atoms with van der Waals surface area (Å²) in [6.45, 7) is 7.47. The minimum absolute atomic E-state index is 0.331. The van der Waals surface area contributed by atoms with Crippen LogP contribution in [0.15, 0.2) is 17.3 Å². The van der Waals surface area contributed by atoms with Crippen molar-refractivity contribution in [1.82, 2.24) is 19.0 Å². The van der Waals surface area contributed by atoms with E-state index in [0.717, 1.165) is 39.1 Å². The maximum absolute atomic E-state index is 13.1. The van der Waals surface area contributed by atoms with Gasteiger partial charge in [-0.25, -0.2) is 8.42 Å². The fourth-order valence-electron chi connectivity index (χ4n) is 4.83. The van der Waals surface area contributed by atoms with Crippen molar-refractivity contribution in [2.24, 2.45) is 11.8 Å². The molecule has 0 amide bonds. The molecule has 1 aliphatic carbocycles. The number of aromatic nitrogens is 2. The van der Waals surface area contributed by atoms with Crippen LogP contribution in [0.2, 0.25) is 0 Å². The van der Waals surface area contributed by atoms with E-state index in [2.05, 4.69) is 10.00 Å². The molecule has 3 fully saturated rings. The Balaban J connectivity index is 1.54. The molecule has 25 heavy (non-hydrogen) atoms. The van der Waals surface area contributed by atoms with E-state index in [9.17, 15) is 8.42 Å². The maximum Gasteiger partial charge on any atom is 0.246 e. The third-order valence-corrected chi connectivity index (χ3v) is 7.82. The zero-order chi connectivity index (χ0) is 17.4. The van der Waals surface area contributed by atoms with E-state index in [1.54, 1.807) is 15.2 Å². The van der Waals surface area contributed by atoms with E-state index in [0.29, 0.717) is 42.4 Å². The smallest absolute Gasteiger partial charge is 0.246 e. The SMILES string of the molecule is CCn1cc(S(=O)(=O)N2CC3CCCC(C2)C3N2CCOCC2)cn1. The van der Waals surface area contributed by atoms with Crippen molar-refractivity contribution in [2.45, 2.75) is 43.7 Å². The first kappa shape index (κ1) is 17.5. The van der Waals surface area contributed by atoms with Crippen molar-refractivity contribution in [1.29, 1.82) is 0 Å². The van der Waals surface area contributed by atoms with Gasteiger partial charge in [0.05, 0.1) is 19.4 Å². The lowest BCUT2D eigenvalue weighted by atomic mass is 9.73. The van der Waals surface area contributed by atoms with Crippen LogP contribution in [0, 0.1) is 11.8 Å². The first-order chi connectivity index (χ1) is 12.1. The lowest BCUT2D eigenvalue weighted by molar-refractivity contribution is -0.0480. The first-order valence-electron chi connectivity index (χ1n) is 9.44. The van der Waals surface area contributed by atoms with Gasteiger partial charge in [0.2, 0.25) is 10.0 Å². The largest absolute Gasteiger partial charge is 0.379 e. The molecule has 0 N–H and O–H groups in total. The molecule has 3 heterocycles. The highest BCUT2D eigenvalue weighted by Crippen LogP contribution is 2.39. The highest BCUT2D eigenvalue weighted by atomic mass is 32.2. The molecular formula is C17H28N4O3S. The molecular weight excluding hydrogens is 340 g/mol. The number of sulfonamides is 1. The molecule has 0 radical (unpaired) electrons. The Bertz CT molecular complexity index is 685. The fraction of sp³-hybridized carbons (Fsp3) is 0.824. The van der Waals surface area contributed by atoms with Gasteiger partial charge in [-0.05, 0) is 31.6 Å². The summed E-state index contributed by atoms with van der Waals surface area (Å²) in [5.74, 6) is 0.864. The minimum atomic E-state index is -3.44. The molecule has 4 rings (SSSR count). The van der Waals surface area contributed by atoms with Gasteiger partial charge in [-0.15, -0.1) is 0 Å². The van der Waals surface area contributed by atoms with Crippen molar-refractivity contribution in [3.63, 3.8) is 0 Å². The van der Waals surface area contributed by atoms with Gasteiger partial charge in [-0.2, -0.15) is 9.40 Å². The standard InChI is InChI=1S/C17H28N4O3S/c1-2-20-13-16(10-18-20)25(22,23)21-11-14-4-3-5-15(12-21)17(14)19-6-8-24-9-7-19/h10,13-15,17H,2-9,11-12H2,1H3. The quantitative estimate of drug-likeness (QED) is 0.794. The zero-order valence-electron chi connectivity index (χ0n) is 14.9. The molecule has 3 aliphatic rings. The number of rotatable bonds is 4. The number of aryl methyl sites for hydroxylation is 1. The first-order valence-corrected chi connectivity index (χ1v) is 10.9. The van der Waals surface area contributed by atoms with Crippen LogP contribution in [0.5, 0.6) is 0 Å². The van der Waals surface area contributed by atoms with Crippen LogP contribution in [0.1, 0.15) is 26.2 Å².